The van der Waals surface area contributed by atoms with E-state index in [2.05, 4.69) is 0 Å². The van der Waals surface area contributed by atoms with Crippen LogP contribution >= 0.6 is 0 Å². The molecule has 0 saturated heterocycles. The van der Waals surface area contributed by atoms with Gasteiger partial charge in [-0.25, -0.2) is 0 Å². The maximum Gasteiger partial charge on any atom is 0.231 e. The molecule has 1 aliphatic heterocycles. The molecule has 5 nitrogen and oxygen atoms in total. The second kappa shape index (κ2) is 6.24. The van der Waals surface area contributed by atoms with Gasteiger partial charge in [0.25, 0.3) is 0 Å². The molecule has 3 rings (SSSR count). The predicted octanol–water partition coefficient (Wildman–Crippen LogP) is 3.21. The Labute approximate surface area is 133 Å². The number of ketones is 1. The average molecular weight is 307 g/mol. The molecule has 0 aliphatic carbocycles. The molecule has 0 spiro atoms. The molecule has 0 radical (unpaired) electrons. The zero-order valence-corrected chi connectivity index (χ0v) is 12.4. The van der Waals surface area contributed by atoms with E-state index in [4.69, 9.17) is 14.2 Å². The molecule has 5 heteroatoms. The van der Waals surface area contributed by atoms with E-state index < -0.39 is 0 Å². The van der Waals surface area contributed by atoms with E-state index in [9.17, 15) is 10.1 Å². The van der Waals surface area contributed by atoms with E-state index >= 15 is 0 Å². The number of hydrogen-bond donors (Lipinski definition) is 0. The molecule has 0 saturated carbocycles. The Morgan fingerprint density at radius 2 is 1.91 bits per heavy atom. The lowest BCUT2D eigenvalue weighted by atomic mass is 10.0. The number of benzene rings is 2. The summed E-state index contributed by atoms with van der Waals surface area (Å²) in [5, 5.41) is 9.29. The van der Waals surface area contributed by atoms with Crippen LogP contribution in [0.4, 0.5) is 0 Å². The summed E-state index contributed by atoms with van der Waals surface area (Å²) in [6.07, 6.45) is 1.55. The molecule has 0 amide bonds. The lowest BCUT2D eigenvalue weighted by Gasteiger charge is -2.03. The number of ether oxygens (including phenoxy) is 3. The van der Waals surface area contributed by atoms with Gasteiger partial charge in [-0.05, 0) is 42.0 Å². The highest BCUT2D eigenvalue weighted by atomic mass is 16.7. The van der Waals surface area contributed by atoms with Crippen molar-refractivity contribution in [3.8, 4) is 23.3 Å². The molecule has 114 valence electrons. The fourth-order valence-corrected chi connectivity index (χ4v) is 2.21. The summed E-state index contributed by atoms with van der Waals surface area (Å²) in [5.74, 6) is 1.46. The lowest BCUT2D eigenvalue weighted by molar-refractivity contribution is 0.103. The molecule has 23 heavy (non-hydrogen) atoms. The minimum Gasteiger partial charge on any atom is -0.497 e. The summed E-state index contributed by atoms with van der Waals surface area (Å²) >= 11 is 0. The molecule has 0 N–H and O–H groups in total. The maximum absolute atomic E-state index is 12.5. The number of hydrogen-bond acceptors (Lipinski definition) is 5. The highest BCUT2D eigenvalue weighted by Gasteiger charge is 2.18. The van der Waals surface area contributed by atoms with Gasteiger partial charge in [0, 0.05) is 5.56 Å². The van der Waals surface area contributed by atoms with E-state index in [1.165, 1.54) is 0 Å². The Morgan fingerprint density at radius 1 is 1.17 bits per heavy atom. The molecular formula is C18H13NO4. The quantitative estimate of drug-likeness (QED) is 0.493. The molecule has 0 fully saturated rings. The summed E-state index contributed by atoms with van der Waals surface area (Å²) in [4.78, 5) is 12.5. The SMILES string of the molecule is COc1ccc(/C=C(\C#N)C(=O)c2ccc3c(c2)OCO3)cc1. The van der Waals surface area contributed by atoms with Gasteiger partial charge >= 0.3 is 0 Å². The molecule has 1 aliphatic rings. The van der Waals surface area contributed by atoms with Gasteiger partial charge in [-0.15, -0.1) is 0 Å². The van der Waals surface area contributed by atoms with Gasteiger partial charge in [0.05, 0.1) is 7.11 Å². The van der Waals surface area contributed by atoms with Crippen molar-refractivity contribution in [1.82, 2.24) is 0 Å². The van der Waals surface area contributed by atoms with Crippen LogP contribution in [-0.2, 0) is 0 Å². The molecule has 2 aromatic rings. The van der Waals surface area contributed by atoms with Gasteiger partial charge in [-0.1, -0.05) is 12.1 Å². The van der Waals surface area contributed by atoms with Crippen molar-refractivity contribution >= 4 is 11.9 Å². The van der Waals surface area contributed by atoms with Crippen LogP contribution in [0.25, 0.3) is 6.08 Å². The van der Waals surface area contributed by atoms with Crippen LogP contribution in [0.15, 0.2) is 48.0 Å². The van der Waals surface area contributed by atoms with Crippen LogP contribution in [0.2, 0.25) is 0 Å². The molecule has 0 aromatic heterocycles. The number of nitriles is 1. The van der Waals surface area contributed by atoms with E-state index in [0.717, 1.165) is 5.56 Å². The normalized spacial score (nSPS) is 12.6. The summed E-state index contributed by atoms with van der Waals surface area (Å²) < 4.78 is 15.5. The Balaban J connectivity index is 1.89. The summed E-state index contributed by atoms with van der Waals surface area (Å²) in [6.45, 7) is 0.139. The molecule has 0 atom stereocenters. The first kappa shape index (κ1) is 14.7. The van der Waals surface area contributed by atoms with Crippen molar-refractivity contribution in [1.29, 1.82) is 5.26 Å². The van der Waals surface area contributed by atoms with E-state index in [1.807, 2.05) is 6.07 Å². The van der Waals surface area contributed by atoms with Gasteiger partial charge in [0.1, 0.15) is 17.4 Å². The van der Waals surface area contributed by atoms with Crippen molar-refractivity contribution in [2.45, 2.75) is 0 Å². The zero-order chi connectivity index (χ0) is 16.2. The standard InChI is InChI=1S/C18H13NO4/c1-21-15-5-2-12(3-6-15)8-14(10-19)18(20)13-4-7-16-17(9-13)23-11-22-16/h2-9H,11H2,1H3/b14-8+. The summed E-state index contributed by atoms with van der Waals surface area (Å²) in [6, 6.07) is 13.9. The lowest BCUT2D eigenvalue weighted by Crippen LogP contribution is -2.02. The summed E-state index contributed by atoms with van der Waals surface area (Å²) in [7, 11) is 1.58. The highest BCUT2D eigenvalue weighted by molar-refractivity contribution is 6.14. The Bertz CT molecular complexity index is 816. The number of fused-ring (bicyclic) bond motifs is 1. The third kappa shape index (κ3) is 3.01. The average Bonchev–Trinajstić information content (AvgIpc) is 3.07. The topological polar surface area (TPSA) is 68.5 Å². The van der Waals surface area contributed by atoms with Crippen LogP contribution in [0.3, 0.4) is 0 Å². The first-order valence-electron chi connectivity index (χ1n) is 6.91. The van der Waals surface area contributed by atoms with Crippen LogP contribution in [0.1, 0.15) is 15.9 Å². The number of nitrogens with zero attached hydrogens (tertiary/aromatic N) is 1. The Kier molecular flexibility index (Phi) is 3.98. The van der Waals surface area contributed by atoms with Crippen LogP contribution in [0.5, 0.6) is 17.2 Å². The van der Waals surface area contributed by atoms with Gasteiger partial charge in [-0.2, -0.15) is 5.26 Å². The first-order chi connectivity index (χ1) is 11.2. The third-order valence-corrected chi connectivity index (χ3v) is 3.43. The first-order valence-corrected chi connectivity index (χ1v) is 6.91. The molecule has 0 unspecified atom stereocenters. The fraction of sp³-hybridized carbons (Fsp3) is 0.111. The summed E-state index contributed by atoms with van der Waals surface area (Å²) in [5.41, 5.74) is 1.18. The van der Waals surface area contributed by atoms with Crippen molar-refractivity contribution in [3.63, 3.8) is 0 Å². The van der Waals surface area contributed by atoms with Crippen molar-refractivity contribution in [2.24, 2.45) is 0 Å². The molecule has 2 aromatic carbocycles. The second-order valence-electron chi connectivity index (χ2n) is 4.84. The Hall–Kier alpha value is -3.26. The molecular weight excluding hydrogens is 294 g/mol. The number of carbonyl (C=O) groups excluding carboxylic acids is 1. The fourth-order valence-electron chi connectivity index (χ4n) is 2.21. The third-order valence-electron chi connectivity index (χ3n) is 3.43. The number of methoxy groups -OCH3 is 1. The van der Waals surface area contributed by atoms with Gasteiger partial charge in [0.15, 0.2) is 11.5 Å². The molecule has 0 bridgehead atoms. The predicted molar refractivity (Wildman–Crippen MR) is 83.5 cm³/mol. The maximum atomic E-state index is 12.5. The van der Waals surface area contributed by atoms with Crippen LogP contribution in [0, 0.1) is 11.3 Å². The number of Topliss-reactive ketones (excluding diaryl/α,β-unsaturated/α-hetero) is 1. The van der Waals surface area contributed by atoms with Gasteiger partial charge in [0.2, 0.25) is 12.6 Å². The second-order valence-corrected chi connectivity index (χ2v) is 4.84. The number of rotatable bonds is 4. The van der Waals surface area contributed by atoms with Crippen molar-refractivity contribution in [2.75, 3.05) is 13.9 Å². The molecule has 1 heterocycles. The van der Waals surface area contributed by atoms with Crippen molar-refractivity contribution in [3.05, 3.63) is 59.2 Å². The van der Waals surface area contributed by atoms with E-state index in [-0.39, 0.29) is 18.1 Å². The van der Waals surface area contributed by atoms with Gasteiger partial charge in [-0.3, -0.25) is 4.79 Å². The number of carbonyl (C=O) groups is 1. The smallest absolute Gasteiger partial charge is 0.231 e. The van der Waals surface area contributed by atoms with E-state index in [1.54, 1.807) is 55.7 Å². The van der Waals surface area contributed by atoms with Crippen LogP contribution in [-0.4, -0.2) is 19.7 Å². The number of allylic oxidation sites excluding steroid dienone is 1. The van der Waals surface area contributed by atoms with Crippen molar-refractivity contribution < 1.29 is 19.0 Å². The minimum absolute atomic E-state index is 0.0500. The minimum atomic E-state index is -0.360. The van der Waals surface area contributed by atoms with E-state index in [0.29, 0.717) is 22.8 Å². The Morgan fingerprint density at radius 3 is 2.61 bits per heavy atom. The largest absolute Gasteiger partial charge is 0.497 e. The zero-order valence-electron chi connectivity index (χ0n) is 12.4. The monoisotopic (exact) mass is 307 g/mol. The van der Waals surface area contributed by atoms with Crippen LogP contribution < -0.4 is 14.2 Å². The highest BCUT2D eigenvalue weighted by Crippen LogP contribution is 2.33. The van der Waals surface area contributed by atoms with Gasteiger partial charge < -0.3 is 14.2 Å².